The molecule has 0 spiro atoms. The molecular formula is C49H40BNO2. The number of aromatic nitrogens is 1. The van der Waals surface area contributed by atoms with E-state index >= 15 is 0 Å². The van der Waals surface area contributed by atoms with Gasteiger partial charge >= 0.3 is 7.12 Å². The molecule has 7 aromatic carbocycles. The van der Waals surface area contributed by atoms with Gasteiger partial charge in [0.15, 0.2) is 0 Å². The SMILES string of the molecule is CC1(C)OB(c2cccc(-n3c4ccc(C5(c6ccccc6)c6ccccc6-c6ccccc65)cc4c4ccc(-c5ccccc5)cc43)c2)OC1(C)C. The Bertz CT molecular complexity index is 2630. The molecule has 256 valence electrons. The predicted octanol–water partition coefficient (Wildman–Crippen LogP) is 11.1. The molecular weight excluding hydrogens is 645 g/mol. The van der Waals surface area contributed by atoms with Crippen LogP contribution in [0.3, 0.4) is 0 Å². The monoisotopic (exact) mass is 685 g/mol. The number of hydrogen-bond donors (Lipinski definition) is 0. The molecule has 3 nitrogen and oxygen atoms in total. The minimum absolute atomic E-state index is 0.423. The molecule has 1 fully saturated rings. The van der Waals surface area contributed by atoms with Gasteiger partial charge in [-0.05, 0) is 108 Å². The molecule has 0 bridgehead atoms. The highest BCUT2D eigenvalue weighted by Gasteiger charge is 2.52. The molecule has 4 heteroatoms. The van der Waals surface area contributed by atoms with Crippen LogP contribution in [0.2, 0.25) is 0 Å². The van der Waals surface area contributed by atoms with Crippen LogP contribution in [-0.2, 0) is 14.7 Å². The van der Waals surface area contributed by atoms with Crippen LogP contribution in [0.4, 0.5) is 0 Å². The molecule has 10 rings (SSSR count). The highest BCUT2D eigenvalue weighted by molar-refractivity contribution is 6.62. The number of hydrogen-bond acceptors (Lipinski definition) is 2. The molecule has 1 aromatic heterocycles. The lowest BCUT2D eigenvalue weighted by Gasteiger charge is -2.34. The van der Waals surface area contributed by atoms with Crippen molar-refractivity contribution in [2.75, 3.05) is 0 Å². The van der Waals surface area contributed by atoms with E-state index in [0.717, 1.165) is 22.2 Å². The van der Waals surface area contributed by atoms with Gasteiger partial charge in [0.05, 0.1) is 27.7 Å². The van der Waals surface area contributed by atoms with Crippen LogP contribution in [0.25, 0.3) is 49.7 Å². The lowest BCUT2D eigenvalue weighted by Crippen LogP contribution is -2.41. The summed E-state index contributed by atoms with van der Waals surface area (Å²) in [5.74, 6) is 0. The van der Waals surface area contributed by atoms with E-state index in [1.165, 1.54) is 55.3 Å². The predicted molar refractivity (Wildman–Crippen MR) is 219 cm³/mol. The molecule has 1 aliphatic carbocycles. The number of nitrogens with zero attached hydrogens (tertiary/aromatic N) is 1. The van der Waals surface area contributed by atoms with E-state index < -0.39 is 23.7 Å². The Morgan fingerprint density at radius 2 is 1.08 bits per heavy atom. The fraction of sp³-hybridized carbons (Fsp3) is 0.143. The summed E-state index contributed by atoms with van der Waals surface area (Å²) in [7, 11) is -0.451. The molecule has 1 saturated heterocycles. The van der Waals surface area contributed by atoms with Crippen molar-refractivity contribution >= 4 is 34.4 Å². The molecule has 0 radical (unpaired) electrons. The standard InChI is InChI=1S/C49H40BNO2/c1-47(2)48(3,4)53-50(52-47)37-20-15-21-38(32-37)51-45-29-27-36(31-42(45)41-28-26-34(30-46(41)51)33-16-7-5-8-17-33)49(35-18-9-6-10-19-35)43-24-13-11-22-39(43)40-23-12-14-25-44(40)49/h5-32H,1-4H3. The van der Waals surface area contributed by atoms with Crippen molar-refractivity contribution < 1.29 is 9.31 Å². The summed E-state index contributed by atoms with van der Waals surface area (Å²) in [5, 5.41) is 2.43. The Balaban J connectivity index is 1.24. The first-order valence-corrected chi connectivity index (χ1v) is 18.6. The van der Waals surface area contributed by atoms with Gasteiger partial charge in [0.1, 0.15) is 0 Å². The molecule has 2 aliphatic rings. The Morgan fingerprint density at radius 1 is 0.453 bits per heavy atom. The van der Waals surface area contributed by atoms with Crippen LogP contribution in [0.15, 0.2) is 170 Å². The zero-order chi connectivity index (χ0) is 36.0. The fourth-order valence-corrected chi connectivity index (χ4v) is 8.84. The molecule has 0 atom stereocenters. The summed E-state index contributed by atoms with van der Waals surface area (Å²) < 4.78 is 15.5. The summed E-state index contributed by atoms with van der Waals surface area (Å²) in [5.41, 5.74) is 13.2. The molecule has 8 aromatic rings. The summed E-state index contributed by atoms with van der Waals surface area (Å²) in [4.78, 5) is 0. The number of fused-ring (bicyclic) bond motifs is 6. The summed E-state index contributed by atoms with van der Waals surface area (Å²) in [6.07, 6.45) is 0. The van der Waals surface area contributed by atoms with Crippen LogP contribution >= 0.6 is 0 Å². The Morgan fingerprint density at radius 3 is 1.75 bits per heavy atom. The van der Waals surface area contributed by atoms with Crippen LogP contribution in [0.5, 0.6) is 0 Å². The van der Waals surface area contributed by atoms with Crippen LogP contribution in [-0.4, -0.2) is 22.9 Å². The van der Waals surface area contributed by atoms with Crippen LogP contribution in [0.1, 0.15) is 49.9 Å². The van der Waals surface area contributed by atoms with Crippen LogP contribution < -0.4 is 5.46 Å². The molecule has 0 saturated carbocycles. The Hall–Kier alpha value is -5.68. The first kappa shape index (κ1) is 32.0. The molecule has 0 N–H and O–H groups in total. The first-order valence-electron chi connectivity index (χ1n) is 18.6. The third-order valence-electron chi connectivity index (χ3n) is 12.1. The second kappa shape index (κ2) is 11.7. The van der Waals surface area contributed by atoms with Crippen molar-refractivity contribution in [3.05, 3.63) is 192 Å². The Labute approximate surface area is 311 Å². The highest BCUT2D eigenvalue weighted by Crippen LogP contribution is 2.56. The number of benzene rings is 7. The third-order valence-corrected chi connectivity index (χ3v) is 12.1. The van der Waals surface area contributed by atoms with Crippen LogP contribution in [0, 0.1) is 0 Å². The molecule has 0 unspecified atom stereocenters. The zero-order valence-corrected chi connectivity index (χ0v) is 30.5. The van der Waals surface area contributed by atoms with Gasteiger partial charge in [0.25, 0.3) is 0 Å². The summed E-state index contributed by atoms with van der Waals surface area (Å²) in [6.45, 7) is 8.43. The molecule has 1 aliphatic heterocycles. The maximum atomic E-state index is 6.53. The van der Waals surface area contributed by atoms with Gasteiger partial charge in [-0.1, -0.05) is 140 Å². The fourth-order valence-electron chi connectivity index (χ4n) is 8.84. The van der Waals surface area contributed by atoms with Crippen molar-refractivity contribution in [2.45, 2.75) is 44.3 Å². The highest BCUT2D eigenvalue weighted by atomic mass is 16.7. The van der Waals surface area contributed by atoms with Crippen molar-refractivity contribution in [3.63, 3.8) is 0 Å². The maximum absolute atomic E-state index is 6.53. The zero-order valence-electron chi connectivity index (χ0n) is 30.5. The van der Waals surface area contributed by atoms with E-state index in [4.69, 9.17) is 9.31 Å². The van der Waals surface area contributed by atoms with Gasteiger partial charge < -0.3 is 13.9 Å². The van der Waals surface area contributed by atoms with E-state index in [1.54, 1.807) is 0 Å². The van der Waals surface area contributed by atoms with Crippen molar-refractivity contribution in [2.24, 2.45) is 0 Å². The maximum Gasteiger partial charge on any atom is 0.494 e. The quantitative estimate of drug-likeness (QED) is 0.168. The lowest BCUT2D eigenvalue weighted by molar-refractivity contribution is 0.00578. The van der Waals surface area contributed by atoms with Crippen molar-refractivity contribution in [3.8, 4) is 27.9 Å². The van der Waals surface area contributed by atoms with E-state index in [1.807, 2.05) is 0 Å². The van der Waals surface area contributed by atoms with E-state index in [0.29, 0.717) is 0 Å². The minimum Gasteiger partial charge on any atom is -0.399 e. The summed E-state index contributed by atoms with van der Waals surface area (Å²) in [6, 6.07) is 62.3. The van der Waals surface area contributed by atoms with E-state index in [2.05, 4.69) is 202 Å². The van der Waals surface area contributed by atoms with Gasteiger partial charge in [-0.25, -0.2) is 0 Å². The van der Waals surface area contributed by atoms with Gasteiger partial charge in [-0.2, -0.15) is 0 Å². The van der Waals surface area contributed by atoms with Gasteiger partial charge in [-0.3, -0.25) is 0 Å². The average Bonchev–Trinajstić information content (AvgIpc) is 3.76. The molecule has 2 heterocycles. The smallest absolute Gasteiger partial charge is 0.399 e. The Kier molecular flexibility index (Phi) is 7.05. The minimum atomic E-state index is -0.474. The van der Waals surface area contributed by atoms with Crippen molar-refractivity contribution in [1.82, 2.24) is 4.57 Å². The molecule has 53 heavy (non-hydrogen) atoms. The molecule has 0 amide bonds. The average molecular weight is 686 g/mol. The van der Waals surface area contributed by atoms with E-state index in [9.17, 15) is 0 Å². The summed E-state index contributed by atoms with van der Waals surface area (Å²) >= 11 is 0. The largest absolute Gasteiger partial charge is 0.494 e. The topological polar surface area (TPSA) is 23.4 Å². The van der Waals surface area contributed by atoms with Gasteiger partial charge in [0.2, 0.25) is 0 Å². The second-order valence-corrected chi connectivity index (χ2v) is 15.6. The van der Waals surface area contributed by atoms with E-state index in [-0.39, 0.29) is 0 Å². The first-order chi connectivity index (χ1) is 25.8. The normalized spacial score (nSPS) is 16.6. The number of rotatable bonds is 5. The third kappa shape index (κ3) is 4.69. The van der Waals surface area contributed by atoms with Crippen molar-refractivity contribution in [1.29, 1.82) is 0 Å². The van der Waals surface area contributed by atoms with Gasteiger partial charge in [-0.15, -0.1) is 0 Å². The lowest BCUT2D eigenvalue weighted by atomic mass is 9.67. The van der Waals surface area contributed by atoms with Gasteiger partial charge in [0, 0.05) is 16.5 Å². The second-order valence-electron chi connectivity index (χ2n) is 15.6.